The average Bonchev–Trinajstić information content (AvgIpc) is 3.30. The first-order valence-electron chi connectivity index (χ1n) is 8.17. The van der Waals surface area contributed by atoms with Gasteiger partial charge < -0.3 is 5.32 Å². The van der Waals surface area contributed by atoms with Crippen molar-refractivity contribution in [2.75, 3.05) is 19.6 Å². The molecule has 2 heterocycles. The third-order valence-electron chi connectivity index (χ3n) is 4.91. The molecule has 21 heavy (non-hydrogen) atoms. The van der Waals surface area contributed by atoms with Crippen molar-refractivity contribution in [3.63, 3.8) is 0 Å². The summed E-state index contributed by atoms with van der Waals surface area (Å²) < 4.78 is 2.01. The van der Waals surface area contributed by atoms with Crippen LogP contribution in [0, 0.1) is 5.92 Å². The van der Waals surface area contributed by atoms with Gasteiger partial charge in [0.15, 0.2) is 0 Å². The Morgan fingerprint density at radius 1 is 1.29 bits per heavy atom. The van der Waals surface area contributed by atoms with E-state index in [4.69, 9.17) is 5.10 Å². The molecule has 1 aromatic carbocycles. The summed E-state index contributed by atoms with van der Waals surface area (Å²) in [5.74, 6) is 0.922. The van der Waals surface area contributed by atoms with E-state index in [1.165, 1.54) is 55.5 Å². The Labute approximate surface area is 126 Å². The van der Waals surface area contributed by atoms with Gasteiger partial charge >= 0.3 is 0 Å². The van der Waals surface area contributed by atoms with Gasteiger partial charge in [0.25, 0.3) is 0 Å². The molecule has 4 nitrogen and oxygen atoms in total. The summed E-state index contributed by atoms with van der Waals surface area (Å²) in [5.41, 5.74) is 2.46. The molecule has 2 aliphatic rings. The molecule has 4 rings (SSSR count). The lowest BCUT2D eigenvalue weighted by molar-refractivity contribution is 0.248. The molecular formula is C17H24N4. The van der Waals surface area contributed by atoms with Gasteiger partial charge in [-0.3, -0.25) is 9.58 Å². The molecule has 0 amide bonds. The van der Waals surface area contributed by atoms with Crippen LogP contribution >= 0.6 is 0 Å². The average molecular weight is 284 g/mol. The van der Waals surface area contributed by atoms with Crippen molar-refractivity contribution < 1.29 is 0 Å². The van der Waals surface area contributed by atoms with E-state index in [0.29, 0.717) is 6.04 Å². The number of nitrogens with zero attached hydrogens (tertiary/aromatic N) is 3. The minimum atomic E-state index is 0.697. The van der Waals surface area contributed by atoms with E-state index in [-0.39, 0.29) is 0 Å². The standard InChI is InChI=1S/C17H24N4/c1-20-17-6-3-2-5-14(17)16(19-20)12-21-10-4-9-18-15(11-21)13-7-8-13/h2-3,5-6,13,15,18H,4,7-12H2,1H3. The van der Waals surface area contributed by atoms with Crippen LogP contribution in [-0.4, -0.2) is 40.4 Å². The van der Waals surface area contributed by atoms with Crippen LogP contribution in [0.1, 0.15) is 25.0 Å². The number of nitrogens with one attached hydrogen (secondary N) is 1. The Balaban J connectivity index is 1.55. The summed E-state index contributed by atoms with van der Waals surface area (Å²) in [6, 6.07) is 9.26. The first kappa shape index (κ1) is 13.3. The van der Waals surface area contributed by atoms with Crippen LogP contribution in [-0.2, 0) is 13.6 Å². The molecule has 4 heteroatoms. The fraction of sp³-hybridized carbons (Fsp3) is 0.588. The number of aryl methyl sites for hydroxylation is 1. The van der Waals surface area contributed by atoms with E-state index in [1.807, 2.05) is 11.7 Å². The van der Waals surface area contributed by atoms with Crippen LogP contribution in [0.5, 0.6) is 0 Å². The van der Waals surface area contributed by atoms with E-state index in [2.05, 4.69) is 34.5 Å². The summed E-state index contributed by atoms with van der Waals surface area (Å²) in [4.78, 5) is 2.60. The van der Waals surface area contributed by atoms with E-state index in [9.17, 15) is 0 Å². The molecule has 1 saturated heterocycles. The van der Waals surface area contributed by atoms with Gasteiger partial charge in [0, 0.05) is 31.6 Å². The topological polar surface area (TPSA) is 33.1 Å². The van der Waals surface area contributed by atoms with Crippen molar-refractivity contribution in [1.29, 1.82) is 0 Å². The van der Waals surface area contributed by atoms with Gasteiger partial charge in [-0.05, 0) is 44.3 Å². The predicted molar refractivity (Wildman–Crippen MR) is 85.1 cm³/mol. The molecule has 0 bridgehead atoms. The maximum Gasteiger partial charge on any atom is 0.0843 e. The molecule has 1 aliphatic heterocycles. The van der Waals surface area contributed by atoms with Crippen molar-refractivity contribution in [2.45, 2.75) is 31.8 Å². The van der Waals surface area contributed by atoms with Crippen LogP contribution < -0.4 is 5.32 Å². The Morgan fingerprint density at radius 3 is 3.00 bits per heavy atom. The molecule has 1 saturated carbocycles. The second-order valence-electron chi connectivity index (χ2n) is 6.57. The fourth-order valence-corrected chi connectivity index (χ4v) is 3.60. The highest BCUT2D eigenvalue weighted by atomic mass is 15.3. The number of para-hydroxylation sites is 1. The molecular weight excluding hydrogens is 260 g/mol. The van der Waals surface area contributed by atoms with Crippen LogP contribution in [0.3, 0.4) is 0 Å². The fourth-order valence-electron chi connectivity index (χ4n) is 3.60. The maximum absolute atomic E-state index is 4.75. The third-order valence-corrected chi connectivity index (χ3v) is 4.91. The zero-order valence-electron chi connectivity index (χ0n) is 12.8. The number of rotatable bonds is 3. The summed E-state index contributed by atoms with van der Waals surface area (Å²) >= 11 is 0. The summed E-state index contributed by atoms with van der Waals surface area (Å²) in [6.45, 7) is 4.50. The normalized spacial score (nSPS) is 24.3. The molecule has 1 aromatic heterocycles. The molecule has 1 atom stereocenters. The molecule has 1 aliphatic carbocycles. The SMILES string of the molecule is Cn1nc(CN2CCCNC(C3CC3)C2)c2ccccc21. The number of aromatic nitrogens is 2. The van der Waals surface area contributed by atoms with Crippen LogP contribution in [0.2, 0.25) is 0 Å². The van der Waals surface area contributed by atoms with E-state index in [1.54, 1.807) is 0 Å². The Hall–Kier alpha value is -1.39. The first-order valence-corrected chi connectivity index (χ1v) is 8.17. The lowest BCUT2D eigenvalue weighted by Gasteiger charge is -2.23. The van der Waals surface area contributed by atoms with Crippen molar-refractivity contribution in [2.24, 2.45) is 13.0 Å². The number of fused-ring (bicyclic) bond motifs is 1. The minimum Gasteiger partial charge on any atom is -0.312 e. The van der Waals surface area contributed by atoms with Crippen LogP contribution in [0.25, 0.3) is 10.9 Å². The third kappa shape index (κ3) is 2.70. The quantitative estimate of drug-likeness (QED) is 0.937. The predicted octanol–water partition coefficient (Wildman–Crippen LogP) is 2.15. The highest BCUT2D eigenvalue weighted by Gasteiger charge is 2.33. The highest BCUT2D eigenvalue weighted by molar-refractivity contribution is 5.81. The minimum absolute atomic E-state index is 0.697. The molecule has 2 aromatic rings. The smallest absolute Gasteiger partial charge is 0.0843 e. The number of hydrogen-bond acceptors (Lipinski definition) is 3. The van der Waals surface area contributed by atoms with Gasteiger partial charge in [-0.25, -0.2) is 0 Å². The molecule has 2 fully saturated rings. The second-order valence-corrected chi connectivity index (χ2v) is 6.57. The Morgan fingerprint density at radius 2 is 2.14 bits per heavy atom. The highest BCUT2D eigenvalue weighted by Crippen LogP contribution is 2.33. The van der Waals surface area contributed by atoms with E-state index in [0.717, 1.165) is 12.5 Å². The zero-order valence-corrected chi connectivity index (χ0v) is 12.8. The monoisotopic (exact) mass is 284 g/mol. The van der Waals surface area contributed by atoms with Crippen molar-refractivity contribution in [3.05, 3.63) is 30.0 Å². The molecule has 0 spiro atoms. The van der Waals surface area contributed by atoms with Gasteiger partial charge in [-0.1, -0.05) is 18.2 Å². The van der Waals surface area contributed by atoms with Gasteiger partial charge in [0.2, 0.25) is 0 Å². The maximum atomic E-state index is 4.75. The number of hydrogen-bond donors (Lipinski definition) is 1. The van der Waals surface area contributed by atoms with Gasteiger partial charge in [0.05, 0.1) is 11.2 Å². The summed E-state index contributed by atoms with van der Waals surface area (Å²) in [5, 5.41) is 9.79. The van der Waals surface area contributed by atoms with Crippen LogP contribution in [0.15, 0.2) is 24.3 Å². The first-order chi connectivity index (χ1) is 10.3. The van der Waals surface area contributed by atoms with Gasteiger partial charge in [0.1, 0.15) is 0 Å². The summed E-state index contributed by atoms with van der Waals surface area (Å²) in [6.07, 6.45) is 4.07. The lowest BCUT2D eigenvalue weighted by atomic mass is 10.1. The second kappa shape index (κ2) is 5.43. The molecule has 1 unspecified atom stereocenters. The van der Waals surface area contributed by atoms with Crippen molar-refractivity contribution in [3.8, 4) is 0 Å². The van der Waals surface area contributed by atoms with Gasteiger partial charge in [-0.15, -0.1) is 0 Å². The zero-order chi connectivity index (χ0) is 14.2. The molecule has 1 N–H and O–H groups in total. The Bertz CT molecular complexity index is 629. The Kier molecular flexibility index (Phi) is 3.43. The van der Waals surface area contributed by atoms with Crippen molar-refractivity contribution in [1.82, 2.24) is 20.0 Å². The lowest BCUT2D eigenvalue weighted by Crippen LogP contribution is -2.39. The van der Waals surface area contributed by atoms with Crippen LogP contribution in [0.4, 0.5) is 0 Å². The molecule has 0 radical (unpaired) electrons. The van der Waals surface area contributed by atoms with Gasteiger partial charge in [-0.2, -0.15) is 5.10 Å². The van der Waals surface area contributed by atoms with E-state index >= 15 is 0 Å². The largest absolute Gasteiger partial charge is 0.312 e. The summed E-state index contributed by atoms with van der Waals surface area (Å²) in [7, 11) is 2.04. The molecule has 112 valence electrons. The number of benzene rings is 1. The van der Waals surface area contributed by atoms with Crippen molar-refractivity contribution >= 4 is 10.9 Å². The van der Waals surface area contributed by atoms with E-state index < -0.39 is 0 Å².